The van der Waals surface area contributed by atoms with E-state index in [2.05, 4.69) is 22.8 Å². The van der Waals surface area contributed by atoms with Crippen LogP contribution in [0.25, 0.3) is 0 Å². The van der Waals surface area contributed by atoms with E-state index >= 15 is 0 Å². The van der Waals surface area contributed by atoms with Gasteiger partial charge < -0.3 is 10.1 Å². The van der Waals surface area contributed by atoms with Crippen LogP contribution >= 0.6 is 0 Å². The van der Waals surface area contributed by atoms with E-state index in [9.17, 15) is 9.59 Å². The molecule has 2 fully saturated rings. The lowest BCUT2D eigenvalue weighted by molar-refractivity contribution is -0.138. The quantitative estimate of drug-likeness (QED) is 0.765. The molecular formula is C17H20N2O3. The van der Waals surface area contributed by atoms with Gasteiger partial charge in [-0.1, -0.05) is 12.1 Å². The topological polar surface area (TPSA) is 67.4 Å². The first-order valence-electron chi connectivity index (χ1n) is 8.01. The van der Waals surface area contributed by atoms with Crippen molar-refractivity contribution in [3.63, 3.8) is 0 Å². The van der Waals surface area contributed by atoms with E-state index in [1.54, 1.807) is 0 Å². The summed E-state index contributed by atoms with van der Waals surface area (Å²) in [6.45, 7) is 2.45. The van der Waals surface area contributed by atoms with Crippen LogP contribution in [-0.2, 0) is 15.0 Å². The van der Waals surface area contributed by atoms with Crippen LogP contribution in [0.3, 0.4) is 0 Å². The summed E-state index contributed by atoms with van der Waals surface area (Å²) in [6, 6.07) is 6.27. The van der Waals surface area contributed by atoms with Gasteiger partial charge in [0.2, 0.25) is 11.8 Å². The molecule has 3 heterocycles. The molecule has 3 aliphatic heterocycles. The Kier molecular flexibility index (Phi) is 3.18. The Balaban J connectivity index is 1.66. The van der Waals surface area contributed by atoms with Gasteiger partial charge in [0.15, 0.2) is 0 Å². The van der Waals surface area contributed by atoms with Crippen molar-refractivity contribution in [2.45, 2.75) is 37.0 Å². The van der Waals surface area contributed by atoms with Crippen molar-refractivity contribution in [3.05, 3.63) is 29.3 Å². The standard InChI is InChI=1S/C17H20N2O3/c20-15-3-6-17(16(21)19-15)10-22-14-9-12(1-2-13(14)17)11-4-7-18-8-5-11/h1-2,9,11,18H,3-8,10H2,(H,19,20,21). The summed E-state index contributed by atoms with van der Waals surface area (Å²) in [7, 11) is 0. The van der Waals surface area contributed by atoms with Gasteiger partial charge in [-0.15, -0.1) is 0 Å². The van der Waals surface area contributed by atoms with E-state index in [1.165, 1.54) is 5.56 Å². The van der Waals surface area contributed by atoms with E-state index in [4.69, 9.17) is 4.74 Å². The number of nitrogens with one attached hydrogen (secondary N) is 2. The lowest BCUT2D eigenvalue weighted by Gasteiger charge is -2.30. The molecule has 0 aromatic heterocycles. The molecule has 0 radical (unpaired) electrons. The molecule has 5 heteroatoms. The molecule has 5 nitrogen and oxygen atoms in total. The van der Waals surface area contributed by atoms with Gasteiger partial charge in [0, 0.05) is 12.0 Å². The van der Waals surface area contributed by atoms with Crippen molar-refractivity contribution in [3.8, 4) is 5.75 Å². The number of ether oxygens (including phenoxy) is 1. The maximum Gasteiger partial charge on any atom is 0.240 e. The van der Waals surface area contributed by atoms with E-state index in [0.29, 0.717) is 25.4 Å². The molecule has 0 saturated carbocycles. The van der Waals surface area contributed by atoms with Crippen molar-refractivity contribution in [1.82, 2.24) is 10.6 Å². The molecule has 4 rings (SSSR count). The van der Waals surface area contributed by atoms with Gasteiger partial charge in [-0.05, 0) is 49.9 Å². The first-order valence-corrected chi connectivity index (χ1v) is 8.01. The van der Waals surface area contributed by atoms with Gasteiger partial charge in [0.25, 0.3) is 0 Å². The van der Waals surface area contributed by atoms with Crippen LogP contribution in [0.4, 0.5) is 0 Å². The number of amides is 2. The fourth-order valence-corrected chi connectivity index (χ4v) is 3.89. The van der Waals surface area contributed by atoms with Crippen LogP contribution in [0.2, 0.25) is 0 Å². The Morgan fingerprint density at radius 2 is 2.00 bits per heavy atom. The van der Waals surface area contributed by atoms with Crippen molar-refractivity contribution in [2.75, 3.05) is 19.7 Å². The highest BCUT2D eigenvalue weighted by Gasteiger charge is 2.50. The molecule has 1 spiro atoms. The van der Waals surface area contributed by atoms with E-state index in [1.807, 2.05) is 6.07 Å². The SMILES string of the molecule is O=C1CCC2(COc3cc(C4CCNCC4)ccc32)C(=O)N1. The molecule has 22 heavy (non-hydrogen) atoms. The van der Waals surface area contributed by atoms with E-state index in [-0.39, 0.29) is 11.8 Å². The number of carbonyl (C=O) groups is 2. The zero-order valence-electron chi connectivity index (χ0n) is 12.5. The zero-order valence-corrected chi connectivity index (χ0v) is 12.5. The predicted molar refractivity (Wildman–Crippen MR) is 80.8 cm³/mol. The molecule has 0 aliphatic carbocycles. The average molecular weight is 300 g/mol. The molecule has 2 amide bonds. The molecule has 1 atom stereocenters. The van der Waals surface area contributed by atoms with Crippen molar-refractivity contribution >= 4 is 11.8 Å². The highest BCUT2D eigenvalue weighted by molar-refractivity contribution is 6.04. The Labute approximate surface area is 129 Å². The van der Waals surface area contributed by atoms with Gasteiger partial charge >= 0.3 is 0 Å². The molecule has 1 aromatic rings. The van der Waals surface area contributed by atoms with Crippen LogP contribution in [0.5, 0.6) is 5.75 Å². The summed E-state index contributed by atoms with van der Waals surface area (Å²) in [6.07, 6.45) is 3.19. The van der Waals surface area contributed by atoms with Gasteiger partial charge in [-0.25, -0.2) is 0 Å². The maximum atomic E-state index is 12.4. The highest BCUT2D eigenvalue weighted by Crippen LogP contribution is 2.45. The minimum Gasteiger partial charge on any atom is -0.492 e. The Hall–Kier alpha value is -1.88. The summed E-state index contributed by atoms with van der Waals surface area (Å²) in [5.74, 6) is 0.988. The summed E-state index contributed by atoms with van der Waals surface area (Å²) in [5.41, 5.74) is 1.57. The second-order valence-electron chi connectivity index (χ2n) is 6.53. The minimum absolute atomic E-state index is 0.185. The normalized spacial score (nSPS) is 28.4. The zero-order chi connectivity index (χ0) is 15.2. The van der Waals surface area contributed by atoms with Gasteiger partial charge in [-0.3, -0.25) is 14.9 Å². The summed E-state index contributed by atoms with van der Waals surface area (Å²) in [4.78, 5) is 23.8. The predicted octanol–water partition coefficient (Wildman–Crippen LogP) is 1.22. The smallest absolute Gasteiger partial charge is 0.240 e. The lowest BCUT2D eigenvalue weighted by atomic mass is 9.75. The number of piperidine rings is 2. The van der Waals surface area contributed by atoms with Gasteiger partial charge in [0.1, 0.15) is 17.8 Å². The molecule has 1 unspecified atom stereocenters. The first kappa shape index (κ1) is 13.8. The molecule has 3 aliphatic rings. The largest absolute Gasteiger partial charge is 0.492 e. The average Bonchev–Trinajstić information content (AvgIpc) is 2.91. The molecule has 0 bridgehead atoms. The second-order valence-corrected chi connectivity index (χ2v) is 6.53. The fraction of sp³-hybridized carbons (Fsp3) is 0.529. The van der Waals surface area contributed by atoms with Crippen LogP contribution in [0, 0.1) is 0 Å². The highest BCUT2D eigenvalue weighted by atomic mass is 16.5. The van der Waals surface area contributed by atoms with Crippen molar-refractivity contribution in [1.29, 1.82) is 0 Å². The number of hydrogen-bond donors (Lipinski definition) is 2. The number of rotatable bonds is 1. The Morgan fingerprint density at radius 3 is 2.77 bits per heavy atom. The number of carbonyl (C=O) groups excluding carboxylic acids is 2. The van der Waals surface area contributed by atoms with Crippen LogP contribution in [0.1, 0.15) is 42.7 Å². The number of hydrogen-bond acceptors (Lipinski definition) is 4. The minimum atomic E-state index is -0.671. The maximum absolute atomic E-state index is 12.4. The summed E-state index contributed by atoms with van der Waals surface area (Å²) in [5, 5.41) is 5.84. The summed E-state index contributed by atoms with van der Waals surface area (Å²) >= 11 is 0. The number of benzene rings is 1. The van der Waals surface area contributed by atoms with Gasteiger partial charge in [0.05, 0.1) is 0 Å². The number of fused-ring (bicyclic) bond motifs is 2. The fourth-order valence-electron chi connectivity index (χ4n) is 3.89. The number of imide groups is 1. The van der Waals surface area contributed by atoms with Gasteiger partial charge in [-0.2, -0.15) is 0 Å². The third-order valence-electron chi connectivity index (χ3n) is 5.27. The second kappa shape index (κ2) is 5.09. The molecular weight excluding hydrogens is 280 g/mol. The molecule has 1 aromatic carbocycles. The van der Waals surface area contributed by atoms with Crippen molar-refractivity contribution < 1.29 is 14.3 Å². The first-order chi connectivity index (χ1) is 10.7. The van der Waals surface area contributed by atoms with Crippen molar-refractivity contribution in [2.24, 2.45) is 0 Å². The molecule has 2 N–H and O–H groups in total. The molecule has 116 valence electrons. The Morgan fingerprint density at radius 1 is 1.18 bits per heavy atom. The van der Waals surface area contributed by atoms with Crippen LogP contribution in [-0.4, -0.2) is 31.5 Å². The van der Waals surface area contributed by atoms with Crippen LogP contribution in [0.15, 0.2) is 18.2 Å². The monoisotopic (exact) mass is 300 g/mol. The van der Waals surface area contributed by atoms with E-state index in [0.717, 1.165) is 37.2 Å². The van der Waals surface area contributed by atoms with E-state index < -0.39 is 5.41 Å². The lowest BCUT2D eigenvalue weighted by Crippen LogP contribution is -2.52. The molecule has 2 saturated heterocycles. The third-order valence-corrected chi connectivity index (χ3v) is 5.27. The summed E-state index contributed by atoms with van der Waals surface area (Å²) < 4.78 is 5.84. The van der Waals surface area contributed by atoms with Crippen LogP contribution < -0.4 is 15.4 Å². The third kappa shape index (κ3) is 2.03. The Bertz CT molecular complexity index is 637.